The molecule has 0 heterocycles. The van der Waals surface area contributed by atoms with Crippen LogP contribution in [-0.2, 0) is 0 Å². The second kappa shape index (κ2) is 5.14. The quantitative estimate of drug-likeness (QED) is 0.440. The maximum absolute atomic E-state index is 5.85. The second-order valence-electron chi connectivity index (χ2n) is 3.03. The van der Waals surface area contributed by atoms with Gasteiger partial charge in [0, 0.05) is 10.6 Å². The molecule has 2 nitrogen and oxygen atoms in total. The van der Waals surface area contributed by atoms with Crippen molar-refractivity contribution < 1.29 is 0 Å². The van der Waals surface area contributed by atoms with Crippen LogP contribution in [0.3, 0.4) is 0 Å². The first-order valence-corrected chi connectivity index (χ1v) is 5.41. The fraction of sp³-hybridized carbons (Fsp3) is 0.400. The van der Waals surface area contributed by atoms with E-state index in [0.717, 1.165) is 24.4 Å². The molecular weight excluding hydrogens is 180 g/mol. The number of thioether (sulfide) groups is 1. The van der Waals surface area contributed by atoms with Gasteiger partial charge in [-0.25, -0.2) is 0 Å². The smallest absolute Gasteiger partial charge is 0.0454 e. The van der Waals surface area contributed by atoms with Crippen molar-refractivity contribution in [3.05, 3.63) is 23.8 Å². The van der Waals surface area contributed by atoms with Gasteiger partial charge in [-0.05, 0) is 43.3 Å². The molecule has 0 aliphatic carbocycles. The highest BCUT2D eigenvalue weighted by molar-refractivity contribution is 7.99. The number of hydrogen-bond donors (Lipinski definition) is 2. The molecule has 1 aromatic carbocycles. The lowest BCUT2D eigenvalue weighted by molar-refractivity contribution is 0.943. The Morgan fingerprint density at radius 3 is 2.77 bits per heavy atom. The fourth-order valence-corrected chi connectivity index (χ4v) is 1.99. The summed E-state index contributed by atoms with van der Waals surface area (Å²) in [5.74, 6) is 1.05. The Hall–Kier alpha value is -0.670. The molecule has 0 fully saturated rings. The third-order valence-corrected chi connectivity index (χ3v) is 2.95. The molecule has 3 heteroatoms. The van der Waals surface area contributed by atoms with Crippen LogP contribution in [0.1, 0.15) is 12.0 Å². The van der Waals surface area contributed by atoms with Gasteiger partial charge in [0.05, 0.1) is 0 Å². The highest BCUT2D eigenvalue weighted by atomic mass is 32.2. The van der Waals surface area contributed by atoms with Crippen molar-refractivity contribution in [3.8, 4) is 0 Å². The zero-order chi connectivity index (χ0) is 9.68. The van der Waals surface area contributed by atoms with Gasteiger partial charge in [0.25, 0.3) is 0 Å². The van der Waals surface area contributed by atoms with E-state index in [-0.39, 0.29) is 0 Å². The van der Waals surface area contributed by atoms with Gasteiger partial charge in [0.2, 0.25) is 0 Å². The molecule has 0 radical (unpaired) electrons. The minimum Gasteiger partial charge on any atom is -0.398 e. The molecule has 0 spiro atoms. The second-order valence-corrected chi connectivity index (χ2v) is 4.17. The summed E-state index contributed by atoms with van der Waals surface area (Å²) in [6, 6.07) is 6.16. The molecular formula is C10H16N2S. The summed E-state index contributed by atoms with van der Waals surface area (Å²) >= 11 is 1.78. The highest BCUT2D eigenvalue weighted by Gasteiger charge is 1.98. The Bertz CT molecular complexity index is 274. The first kappa shape index (κ1) is 10.4. The summed E-state index contributed by atoms with van der Waals surface area (Å²) in [5.41, 5.74) is 13.3. The van der Waals surface area contributed by atoms with Gasteiger partial charge in [-0.15, -0.1) is 11.8 Å². The van der Waals surface area contributed by atoms with E-state index in [4.69, 9.17) is 11.5 Å². The summed E-state index contributed by atoms with van der Waals surface area (Å²) in [5, 5.41) is 0. The van der Waals surface area contributed by atoms with Crippen LogP contribution < -0.4 is 11.5 Å². The predicted molar refractivity (Wildman–Crippen MR) is 60.0 cm³/mol. The molecule has 0 aliphatic rings. The SMILES string of the molecule is Cc1ccc(SCCCN)c(N)c1. The molecule has 0 aromatic heterocycles. The third-order valence-electron chi connectivity index (χ3n) is 1.77. The maximum Gasteiger partial charge on any atom is 0.0454 e. The summed E-state index contributed by atoms with van der Waals surface area (Å²) in [4.78, 5) is 1.17. The van der Waals surface area contributed by atoms with E-state index in [1.54, 1.807) is 11.8 Å². The van der Waals surface area contributed by atoms with Crippen LogP contribution in [0.15, 0.2) is 23.1 Å². The normalized spacial score (nSPS) is 10.3. The highest BCUT2D eigenvalue weighted by Crippen LogP contribution is 2.25. The van der Waals surface area contributed by atoms with E-state index in [0.29, 0.717) is 0 Å². The number of rotatable bonds is 4. The van der Waals surface area contributed by atoms with Crippen molar-refractivity contribution in [1.82, 2.24) is 0 Å². The van der Waals surface area contributed by atoms with Crippen LogP contribution in [0.5, 0.6) is 0 Å². The zero-order valence-electron chi connectivity index (χ0n) is 7.92. The number of benzene rings is 1. The van der Waals surface area contributed by atoms with Crippen molar-refractivity contribution >= 4 is 17.4 Å². The maximum atomic E-state index is 5.85. The Morgan fingerprint density at radius 1 is 1.38 bits per heavy atom. The van der Waals surface area contributed by atoms with E-state index in [1.807, 2.05) is 13.0 Å². The number of nitrogen functional groups attached to an aromatic ring is 1. The lowest BCUT2D eigenvalue weighted by Crippen LogP contribution is -1.99. The Kier molecular flexibility index (Phi) is 4.12. The van der Waals surface area contributed by atoms with Gasteiger partial charge >= 0.3 is 0 Å². The van der Waals surface area contributed by atoms with E-state index in [1.165, 1.54) is 10.5 Å². The third kappa shape index (κ3) is 3.28. The first-order valence-electron chi connectivity index (χ1n) is 4.43. The molecule has 0 unspecified atom stereocenters. The molecule has 1 aromatic rings. The Morgan fingerprint density at radius 2 is 2.15 bits per heavy atom. The number of nitrogens with two attached hydrogens (primary N) is 2. The van der Waals surface area contributed by atoms with Crippen molar-refractivity contribution in [2.75, 3.05) is 18.0 Å². The van der Waals surface area contributed by atoms with Gasteiger partial charge in [0.15, 0.2) is 0 Å². The minimum absolute atomic E-state index is 0.749. The van der Waals surface area contributed by atoms with Gasteiger partial charge < -0.3 is 11.5 Å². The zero-order valence-corrected chi connectivity index (χ0v) is 8.73. The number of anilines is 1. The predicted octanol–water partition coefficient (Wildman–Crippen LogP) is 2.02. The van der Waals surface area contributed by atoms with Gasteiger partial charge in [-0.2, -0.15) is 0 Å². The van der Waals surface area contributed by atoms with Crippen LogP contribution >= 0.6 is 11.8 Å². The van der Waals surface area contributed by atoms with Crippen LogP contribution in [0.4, 0.5) is 5.69 Å². The molecule has 0 aliphatic heterocycles. The molecule has 72 valence electrons. The van der Waals surface area contributed by atoms with Crippen LogP contribution in [-0.4, -0.2) is 12.3 Å². The van der Waals surface area contributed by atoms with Gasteiger partial charge in [-0.3, -0.25) is 0 Å². The molecule has 4 N–H and O–H groups in total. The molecule has 0 atom stereocenters. The van der Waals surface area contributed by atoms with Crippen LogP contribution in [0.2, 0.25) is 0 Å². The van der Waals surface area contributed by atoms with Crippen molar-refractivity contribution in [2.45, 2.75) is 18.2 Å². The standard InChI is InChI=1S/C10H16N2S/c1-8-3-4-10(9(12)7-8)13-6-2-5-11/h3-4,7H,2,5-6,11-12H2,1H3. The molecule has 0 amide bonds. The van der Waals surface area contributed by atoms with E-state index in [2.05, 4.69) is 12.1 Å². The van der Waals surface area contributed by atoms with Crippen molar-refractivity contribution in [3.63, 3.8) is 0 Å². The summed E-state index contributed by atoms with van der Waals surface area (Å²) < 4.78 is 0. The largest absolute Gasteiger partial charge is 0.398 e. The van der Waals surface area contributed by atoms with Crippen LogP contribution in [0, 0.1) is 6.92 Å². The average molecular weight is 196 g/mol. The van der Waals surface area contributed by atoms with E-state index in [9.17, 15) is 0 Å². The average Bonchev–Trinajstić information content (AvgIpc) is 2.09. The molecule has 1 rings (SSSR count). The molecule has 13 heavy (non-hydrogen) atoms. The van der Waals surface area contributed by atoms with Gasteiger partial charge in [-0.1, -0.05) is 6.07 Å². The van der Waals surface area contributed by atoms with Crippen molar-refractivity contribution in [2.24, 2.45) is 5.73 Å². The summed E-state index contributed by atoms with van der Waals surface area (Å²) in [6.07, 6.45) is 1.04. The molecule has 0 saturated heterocycles. The lowest BCUT2D eigenvalue weighted by Gasteiger charge is -2.05. The Balaban J connectivity index is 2.56. The summed E-state index contributed by atoms with van der Waals surface area (Å²) in [6.45, 7) is 2.80. The molecule has 0 saturated carbocycles. The van der Waals surface area contributed by atoms with Gasteiger partial charge in [0.1, 0.15) is 0 Å². The number of aryl methyl sites for hydroxylation is 1. The number of hydrogen-bond acceptors (Lipinski definition) is 3. The summed E-state index contributed by atoms with van der Waals surface area (Å²) in [7, 11) is 0. The molecule has 0 bridgehead atoms. The van der Waals surface area contributed by atoms with Crippen LogP contribution in [0.25, 0.3) is 0 Å². The Labute approximate surface area is 83.7 Å². The monoisotopic (exact) mass is 196 g/mol. The lowest BCUT2D eigenvalue weighted by atomic mass is 10.2. The fourth-order valence-electron chi connectivity index (χ4n) is 1.06. The minimum atomic E-state index is 0.749. The first-order chi connectivity index (χ1) is 6.24. The topological polar surface area (TPSA) is 52.0 Å². The van der Waals surface area contributed by atoms with E-state index >= 15 is 0 Å². The van der Waals surface area contributed by atoms with E-state index < -0.39 is 0 Å². The van der Waals surface area contributed by atoms with Crippen molar-refractivity contribution in [1.29, 1.82) is 0 Å².